The third-order valence-corrected chi connectivity index (χ3v) is 4.96. The van der Waals surface area contributed by atoms with E-state index in [4.69, 9.17) is 5.11 Å². The molecule has 3 rings (SSSR count). The highest BCUT2D eigenvalue weighted by atomic mass is 16.4. The molecule has 1 saturated carbocycles. The zero-order valence-electron chi connectivity index (χ0n) is 12.5. The first-order valence-electron chi connectivity index (χ1n) is 7.63. The van der Waals surface area contributed by atoms with Gasteiger partial charge in [0.25, 0.3) is 0 Å². The fraction of sp³-hybridized carbons (Fsp3) is 0.412. The van der Waals surface area contributed by atoms with Crippen LogP contribution in [0.5, 0.6) is 0 Å². The Hall–Kier alpha value is -2.18. The molecule has 1 aliphatic carbocycles. The van der Waals surface area contributed by atoms with Crippen molar-refractivity contribution in [2.45, 2.75) is 43.4 Å². The normalized spacial score (nSPS) is 30.2. The van der Waals surface area contributed by atoms with Gasteiger partial charge >= 0.3 is 11.9 Å². The third-order valence-electron chi connectivity index (χ3n) is 4.96. The first kappa shape index (κ1) is 15.7. The highest BCUT2D eigenvalue weighted by Crippen LogP contribution is 2.48. The summed E-state index contributed by atoms with van der Waals surface area (Å²) in [5.41, 5.74) is 0.540. The molecule has 23 heavy (non-hydrogen) atoms. The van der Waals surface area contributed by atoms with Crippen LogP contribution in [-0.2, 0) is 21.5 Å². The quantitative estimate of drug-likeness (QED) is 0.621. The number of hydrogen-bond acceptors (Lipinski definition) is 4. The Bertz CT molecular complexity index is 683. The zero-order valence-corrected chi connectivity index (χ0v) is 12.5. The summed E-state index contributed by atoms with van der Waals surface area (Å²) in [6.07, 6.45) is 1.49. The van der Waals surface area contributed by atoms with Crippen molar-refractivity contribution in [2.24, 2.45) is 0 Å². The van der Waals surface area contributed by atoms with Crippen molar-refractivity contribution in [1.29, 1.82) is 0 Å². The molecule has 4 N–H and O–H groups in total. The van der Waals surface area contributed by atoms with Gasteiger partial charge in [0.05, 0.1) is 11.7 Å². The first-order valence-corrected chi connectivity index (χ1v) is 7.63. The molecule has 0 saturated heterocycles. The topological polar surface area (TPSA) is 107 Å². The molecule has 3 atom stereocenters. The molecule has 1 heterocycles. The van der Waals surface area contributed by atoms with Crippen LogP contribution in [0.15, 0.2) is 35.9 Å². The highest BCUT2D eigenvalue weighted by molar-refractivity contribution is 5.97. The van der Waals surface area contributed by atoms with Crippen molar-refractivity contribution in [2.75, 3.05) is 0 Å². The smallest absolute Gasteiger partial charge is 0.332 e. The highest BCUT2D eigenvalue weighted by Gasteiger charge is 2.52. The average Bonchev–Trinajstić information content (AvgIpc) is 2.51. The van der Waals surface area contributed by atoms with Gasteiger partial charge in [-0.25, -0.2) is 9.59 Å². The van der Waals surface area contributed by atoms with E-state index >= 15 is 0 Å². The number of fused-ring (bicyclic) bond motifs is 3. The monoisotopic (exact) mass is 317 g/mol. The van der Waals surface area contributed by atoms with Crippen LogP contribution in [0, 0.1) is 0 Å². The molecular formula is C17H19NO5. The molecule has 6 heteroatoms. The minimum Gasteiger partial charge on any atom is -0.478 e. The van der Waals surface area contributed by atoms with Gasteiger partial charge in [0, 0.05) is 24.1 Å². The second kappa shape index (κ2) is 5.79. The number of aliphatic carboxylic acids is 2. The van der Waals surface area contributed by atoms with E-state index < -0.39 is 23.5 Å². The Morgan fingerprint density at radius 2 is 1.96 bits per heavy atom. The Morgan fingerprint density at radius 1 is 1.22 bits per heavy atom. The summed E-state index contributed by atoms with van der Waals surface area (Å²) in [6.45, 7) is 0.610. The van der Waals surface area contributed by atoms with Crippen LogP contribution >= 0.6 is 0 Å². The van der Waals surface area contributed by atoms with Gasteiger partial charge in [-0.2, -0.15) is 0 Å². The summed E-state index contributed by atoms with van der Waals surface area (Å²) in [4.78, 5) is 23.1. The summed E-state index contributed by atoms with van der Waals surface area (Å²) in [7, 11) is 0. The van der Waals surface area contributed by atoms with Gasteiger partial charge < -0.3 is 20.6 Å². The molecule has 0 radical (unpaired) electrons. The summed E-state index contributed by atoms with van der Waals surface area (Å²) < 4.78 is 0. The summed E-state index contributed by atoms with van der Waals surface area (Å²) >= 11 is 0. The maximum atomic E-state index is 11.9. The van der Waals surface area contributed by atoms with E-state index in [0.29, 0.717) is 19.4 Å². The molecule has 0 spiro atoms. The van der Waals surface area contributed by atoms with E-state index in [1.165, 1.54) is 0 Å². The summed E-state index contributed by atoms with van der Waals surface area (Å²) in [5, 5.41) is 32.4. The van der Waals surface area contributed by atoms with Crippen LogP contribution in [0.3, 0.4) is 0 Å². The van der Waals surface area contributed by atoms with Gasteiger partial charge in [-0.3, -0.25) is 0 Å². The molecule has 0 bridgehead atoms. The SMILES string of the molecule is O=C(O)C=C(C(=O)O)C12CC(O)CCC1NCc1ccccc12. The van der Waals surface area contributed by atoms with E-state index in [-0.39, 0.29) is 18.0 Å². The Labute approximate surface area is 133 Å². The molecule has 1 aromatic carbocycles. The standard InChI is InChI=1S/C17H19NO5/c19-11-5-6-14-17(8-11,13(16(22)23)7-15(20)21)12-4-2-1-3-10(12)9-18-14/h1-4,7,11,14,18-19H,5-6,8-9H2,(H,20,21)(H,22,23). The van der Waals surface area contributed by atoms with Crippen LogP contribution in [-0.4, -0.2) is 39.4 Å². The number of carboxylic acids is 2. The zero-order chi connectivity index (χ0) is 16.6. The van der Waals surface area contributed by atoms with Crippen LogP contribution in [0.25, 0.3) is 0 Å². The molecule has 1 fully saturated rings. The number of aliphatic hydroxyl groups excluding tert-OH is 1. The minimum atomic E-state index is -1.29. The molecule has 3 unspecified atom stereocenters. The van der Waals surface area contributed by atoms with Gasteiger partial charge in [-0.05, 0) is 30.4 Å². The van der Waals surface area contributed by atoms with E-state index in [9.17, 15) is 19.8 Å². The molecule has 0 aromatic heterocycles. The Morgan fingerprint density at radius 3 is 2.65 bits per heavy atom. The first-order chi connectivity index (χ1) is 10.9. The van der Waals surface area contributed by atoms with E-state index in [2.05, 4.69) is 5.32 Å². The van der Waals surface area contributed by atoms with Crippen LogP contribution < -0.4 is 5.32 Å². The lowest BCUT2D eigenvalue weighted by Gasteiger charge is -2.50. The van der Waals surface area contributed by atoms with Gasteiger partial charge in [-0.15, -0.1) is 0 Å². The predicted octanol–water partition coefficient (Wildman–Crippen LogP) is 1.04. The van der Waals surface area contributed by atoms with Crippen molar-refractivity contribution in [3.8, 4) is 0 Å². The number of carboxylic acid groups (broad SMARTS) is 2. The number of benzene rings is 1. The molecule has 6 nitrogen and oxygen atoms in total. The van der Waals surface area contributed by atoms with Crippen molar-refractivity contribution in [3.05, 3.63) is 47.0 Å². The second-order valence-electron chi connectivity index (χ2n) is 6.20. The lowest BCUT2D eigenvalue weighted by Crippen LogP contribution is -2.58. The summed E-state index contributed by atoms with van der Waals surface area (Å²) in [6, 6.07) is 7.24. The van der Waals surface area contributed by atoms with Gasteiger partial charge in [0.2, 0.25) is 0 Å². The van der Waals surface area contributed by atoms with Crippen molar-refractivity contribution < 1.29 is 24.9 Å². The van der Waals surface area contributed by atoms with Crippen LogP contribution in [0.4, 0.5) is 0 Å². The average molecular weight is 317 g/mol. The number of hydrogen-bond donors (Lipinski definition) is 4. The number of rotatable bonds is 3. The van der Waals surface area contributed by atoms with Crippen molar-refractivity contribution in [3.63, 3.8) is 0 Å². The van der Waals surface area contributed by atoms with Crippen LogP contribution in [0.2, 0.25) is 0 Å². The van der Waals surface area contributed by atoms with Gasteiger partial charge in [0.15, 0.2) is 0 Å². The van der Waals surface area contributed by atoms with Gasteiger partial charge in [0.1, 0.15) is 0 Å². The van der Waals surface area contributed by atoms with Crippen molar-refractivity contribution >= 4 is 11.9 Å². The van der Waals surface area contributed by atoms with Gasteiger partial charge in [-0.1, -0.05) is 24.3 Å². The molecule has 122 valence electrons. The van der Waals surface area contributed by atoms with E-state index in [0.717, 1.165) is 17.2 Å². The predicted molar refractivity (Wildman–Crippen MR) is 82.0 cm³/mol. The lowest BCUT2D eigenvalue weighted by molar-refractivity contribution is -0.136. The summed E-state index contributed by atoms with van der Waals surface area (Å²) in [5.74, 6) is -2.55. The van der Waals surface area contributed by atoms with E-state index in [1.54, 1.807) is 0 Å². The molecule has 2 aliphatic rings. The Kier molecular flexibility index (Phi) is 3.95. The second-order valence-corrected chi connectivity index (χ2v) is 6.20. The number of aliphatic hydroxyl groups is 1. The molecule has 1 aliphatic heterocycles. The fourth-order valence-electron chi connectivity index (χ4n) is 4.09. The van der Waals surface area contributed by atoms with E-state index in [1.807, 2.05) is 24.3 Å². The molecule has 1 aromatic rings. The van der Waals surface area contributed by atoms with Crippen molar-refractivity contribution in [1.82, 2.24) is 5.32 Å². The lowest BCUT2D eigenvalue weighted by atomic mass is 9.58. The largest absolute Gasteiger partial charge is 0.478 e. The Balaban J connectivity index is 2.27. The molecular weight excluding hydrogens is 298 g/mol. The minimum absolute atomic E-state index is 0.173. The molecule has 0 amide bonds. The maximum absolute atomic E-state index is 11.9. The third kappa shape index (κ3) is 2.54. The number of nitrogens with one attached hydrogen (secondary N) is 1. The fourth-order valence-corrected chi connectivity index (χ4v) is 4.09. The number of carbonyl (C=O) groups is 2. The maximum Gasteiger partial charge on any atom is 0.332 e. The van der Waals surface area contributed by atoms with Crippen LogP contribution in [0.1, 0.15) is 30.4 Å².